The molecule has 0 saturated heterocycles. The van der Waals surface area contributed by atoms with E-state index in [9.17, 15) is 13.2 Å². The fraction of sp³-hybridized carbons (Fsp3) is 0.278. The third kappa shape index (κ3) is 5.04. The van der Waals surface area contributed by atoms with Crippen LogP contribution in [-0.4, -0.2) is 45.4 Å². The maximum Gasteiger partial charge on any atom is 0.251 e. The summed E-state index contributed by atoms with van der Waals surface area (Å²) in [5.41, 5.74) is 0.287. The highest BCUT2D eigenvalue weighted by Crippen LogP contribution is 2.15. The van der Waals surface area contributed by atoms with E-state index in [4.69, 9.17) is 4.74 Å². The van der Waals surface area contributed by atoms with Gasteiger partial charge >= 0.3 is 0 Å². The predicted molar refractivity (Wildman–Crippen MR) is 96.2 cm³/mol. The molecule has 0 aromatic heterocycles. The van der Waals surface area contributed by atoms with Crippen LogP contribution in [0.2, 0.25) is 0 Å². The van der Waals surface area contributed by atoms with Crippen molar-refractivity contribution in [2.75, 3.05) is 20.7 Å². The Morgan fingerprint density at radius 2 is 1.80 bits per heavy atom. The lowest BCUT2D eigenvalue weighted by atomic mass is 10.2. The van der Waals surface area contributed by atoms with Crippen molar-refractivity contribution in [1.29, 1.82) is 0 Å². The number of benzene rings is 2. The fourth-order valence-corrected chi connectivity index (χ4v) is 3.04. The molecule has 0 radical (unpaired) electrons. The first kappa shape index (κ1) is 19.0. The SMILES string of the molecule is CC(COc1ccccc1)NC(=O)c1cccc(S(=O)(=O)N(C)C)c1. The lowest BCUT2D eigenvalue weighted by molar-refractivity contribution is 0.0926. The van der Waals surface area contributed by atoms with Crippen LogP contribution in [0.25, 0.3) is 0 Å². The Morgan fingerprint density at radius 1 is 1.12 bits per heavy atom. The Balaban J connectivity index is 2.01. The summed E-state index contributed by atoms with van der Waals surface area (Å²) in [6, 6.07) is 15.0. The average molecular weight is 362 g/mol. The van der Waals surface area contributed by atoms with Crippen LogP contribution < -0.4 is 10.1 Å². The quantitative estimate of drug-likeness (QED) is 0.819. The van der Waals surface area contributed by atoms with Gasteiger partial charge in [0.15, 0.2) is 0 Å². The number of hydrogen-bond acceptors (Lipinski definition) is 4. The smallest absolute Gasteiger partial charge is 0.251 e. The van der Waals surface area contributed by atoms with Crippen molar-refractivity contribution in [3.63, 3.8) is 0 Å². The van der Waals surface area contributed by atoms with E-state index in [0.29, 0.717) is 6.61 Å². The molecule has 2 rings (SSSR count). The highest BCUT2D eigenvalue weighted by molar-refractivity contribution is 7.89. The van der Waals surface area contributed by atoms with Crippen molar-refractivity contribution >= 4 is 15.9 Å². The molecule has 2 aromatic rings. The van der Waals surface area contributed by atoms with Crippen molar-refractivity contribution in [3.05, 3.63) is 60.2 Å². The molecule has 1 unspecified atom stereocenters. The Hall–Kier alpha value is -2.38. The summed E-state index contributed by atoms with van der Waals surface area (Å²) < 4.78 is 31.0. The normalized spacial score (nSPS) is 12.6. The number of carbonyl (C=O) groups excluding carboxylic acids is 1. The van der Waals surface area contributed by atoms with Crippen LogP contribution in [0.5, 0.6) is 5.75 Å². The molecule has 0 aliphatic rings. The van der Waals surface area contributed by atoms with Gasteiger partial charge in [0.1, 0.15) is 12.4 Å². The summed E-state index contributed by atoms with van der Waals surface area (Å²) in [7, 11) is -0.680. The Labute approximate surface area is 148 Å². The van der Waals surface area contributed by atoms with Gasteiger partial charge in [-0.3, -0.25) is 4.79 Å². The van der Waals surface area contributed by atoms with Gasteiger partial charge in [-0.05, 0) is 37.3 Å². The van der Waals surface area contributed by atoms with Crippen LogP contribution >= 0.6 is 0 Å². The molecule has 0 spiro atoms. The van der Waals surface area contributed by atoms with E-state index < -0.39 is 10.0 Å². The van der Waals surface area contributed by atoms with Crippen molar-refractivity contribution in [2.45, 2.75) is 17.9 Å². The van der Waals surface area contributed by atoms with Crippen LogP contribution in [0.4, 0.5) is 0 Å². The highest BCUT2D eigenvalue weighted by Gasteiger charge is 2.19. The second kappa shape index (κ2) is 8.13. The molecular weight excluding hydrogens is 340 g/mol. The van der Waals surface area contributed by atoms with E-state index in [1.54, 1.807) is 12.1 Å². The monoisotopic (exact) mass is 362 g/mol. The molecule has 0 fully saturated rings. The molecule has 1 amide bonds. The molecule has 134 valence electrons. The number of sulfonamides is 1. The van der Waals surface area contributed by atoms with Crippen molar-refractivity contribution in [1.82, 2.24) is 9.62 Å². The largest absolute Gasteiger partial charge is 0.491 e. The zero-order chi connectivity index (χ0) is 18.4. The molecular formula is C18H22N2O4S. The molecule has 0 heterocycles. The summed E-state index contributed by atoms with van der Waals surface area (Å²) >= 11 is 0. The first-order valence-corrected chi connectivity index (χ1v) is 9.26. The molecule has 2 aromatic carbocycles. The third-order valence-electron chi connectivity index (χ3n) is 3.50. The van der Waals surface area contributed by atoms with Gasteiger partial charge in [0.2, 0.25) is 10.0 Å². The summed E-state index contributed by atoms with van der Waals surface area (Å²) in [6.45, 7) is 2.13. The topological polar surface area (TPSA) is 75.7 Å². The average Bonchev–Trinajstić information content (AvgIpc) is 2.60. The van der Waals surface area contributed by atoms with Crippen LogP contribution in [0.1, 0.15) is 17.3 Å². The summed E-state index contributed by atoms with van der Waals surface area (Å²) in [5.74, 6) is 0.377. The van der Waals surface area contributed by atoms with Crippen molar-refractivity contribution in [3.8, 4) is 5.75 Å². The van der Waals surface area contributed by atoms with Gasteiger partial charge < -0.3 is 10.1 Å². The van der Waals surface area contributed by atoms with Gasteiger partial charge in [0.25, 0.3) is 5.91 Å². The third-order valence-corrected chi connectivity index (χ3v) is 5.31. The summed E-state index contributed by atoms with van der Waals surface area (Å²) in [6.07, 6.45) is 0. The predicted octanol–water partition coefficient (Wildman–Crippen LogP) is 2.13. The van der Waals surface area contributed by atoms with Crippen LogP contribution in [0.3, 0.4) is 0 Å². The van der Waals surface area contributed by atoms with E-state index in [1.165, 1.54) is 26.2 Å². The van der Waals surface area contributed by atoms with Crippen molar-refractivity contribution in [2.24, 2.45) is 0 Å². The van der Waals surface area contributed by atoms with Crippen LogP contribution in [0.15, 0.2) is 59.5 Å². The maximum absolute atomic E-state index is 12.3. The summed E-state index contributed by atoms with van der Waals surface area (Å²) in [4.78, 5) is 12.4. The van der Waals surface area contributed by atoms with Gasteiger partial charge in [-0.25, -0.2) is 12.7 Å². The highest BCUT2D eigenvalue weighted by atomic mass is 32.2. The van der Waals surface area contributed by atoms with E-state index in [2.05, 4.69) is 5.32 Å². The molecule has 0 bridgehead atoms. The van der Waals surface area contributed by atoms with Gasteiger partial charge in [-0.1, -0.05) is 24.3 Å². The van der Waals surface area contributed by atoms with E-state index in [-0.39, 0.29) is 22.4 Å². The number of amides is 1. The zero-order valence-electron chi connectivity index (χ0n) is 14.5. The second-order valence-corrected chi connectivity index (χ2v) is 7.97. The zero-order valence-corrected chi connectivity index (χ0v) is 15.3. The molecule has 0 aliphatic heterocycles. The minimum absolute atomic E-state index is 0.0818. The lowest BCUT2D eigenvalue weighted by Crippen LogP contribution is -2.36. The molecule has 7 heteroatoms. The number of ether oxygens (including phenoxy) is 1. The van der Waals surface area contributed by atoms with E-state index >= 15 is 0 Å². The lowest BCUT2D eigenvalue weighted by Gasteiger charge is -2.16. The molecule has 6 nitrogen and oxygen atoms in total. The second-order valence-electron chi connectivity index (χ2n) is 5.81. The molecule has 0 saturated carbocycles. The number of para-hydroxylation sites is 1. The molecule has 1 N–H and O–H groups in total. The number of hydrogen-bond donors (Lipinski definition) is 1. The maximum atomic E-state index is 12.3. The fourth-order valence-electron chi connectivity index (χ4n) is 2.10. The molecule has 0 aliphatic carbocycles. The number of nitrogens with zero attached hydrogens (tertiary/aromatic N) is 1. The number of carbonyl (C=O) groups is 1. The van der Waals surface area contributed by atoms with Crippen LogP contribution in [-0.2, 0) is 10.0 Å². The minimum Gasteiger partial charge on any atom is -0.491 e. The molecule has 1 atom stereocenters. The first-order valence-electron chi connectivity index (χ1n) is 7.82. The van der Waals surface area contributed by atoms with Gasteiger partial charge in [0, 0.05) is 19.7 Å². The first-order chi connectivity index (χ1) is 11.8. The van der Waals surface area contributed by atoms with E-state index in [1.807, 2.05) is 37.3 Å². The van der Waals surface area contributed by atoms with Gasteiger partial charge in [0.05, 0.1) is 10.9 Å². The molecule has 25 heavy (non-hydrogen) atoms. The van der Waals surface area contributed by atoms with Crippen molar-refractivity contribution < 1.29 is 17.9 Å². The van der Waals surface area contributed by atoms with Crippen LogP contribution in [0, 0.1) is 0 Å². The number of nitrogens with one attached hydrogen (secondary N) is 1. The van der Waals surface area contributed by atoms with Gasteiger partial charge in [-0.2, -0.15) is 0 Å². The number of rotatable bonds is 7. The Morgan fingerprint density at radius 3 is 2.44 bits per heavy atom. The van der Waals surface area contributed by atoms with Gasteiger partial charge in [-0.15, -0.1) is 0 Å². The standard InChI is InChI=1S/C18H22N2O4S/c1-14(13-24-16-9-5-4-6-10-16)19-18(21)15-8-7-11-17(12-15)25(22,23)20(2)3/h4-12,14H,13H2,1-3H3,(H,19,21). The minimum atomic E-state index is -3.58. The Kier molecular flexibility index (Phi) is 6.17. The van der Waals surface area contributed by atoms with E-state index in [0.717, 1.165) is 10.1 Å². The Bertz CT molecular complexity index is 820. The summed E-state index contributed by atoms with van der Waals surface area (Å²) in [5, 5.41) is 2.80.